The van der Waals surface area contributed by atoms with Crippen molar-refractivity contribution in [2.45, 2.75) is 13.0 Å². The fourth-order valence-electron chi connectivity index (χ4n) is 2.43. The van der Waals surface area contributed by atoms with Crippen molar-refractivity contribution < 1.29 is 23.6 Å². The largest absolute Gasteiger partial charge is 0.448 e. The molecule has 28 heavy (non-hydrogen) atoms. The first kappa shape index (κ1) is 18.9. The van der Waals surface area contributed by atoms with Crippen LogP contribution < -0.4 is 5.32 Å². The smallest absolute Gasteiger partial charge is 0.357 e. The van der Waals surface area contributed by atoms with Crippen LogP contribution in [-0.2, 0) is 9.53 Å². The molecule has 1 atom stereocenters. The van der Waals surface area contributed by atoms with Gasteiger partial charge in [0, 0.05) is 17.1 Å². The van der Waals surface area contributed by atoms with Gasteiger partial charge in [-0.15, -0.1) is 0 Å². The number of carbonyl (C=O) groups excluding carboxylic acids is 2. The molecule has 2 aromatic carbocycles. The summed E-state index contributed by atoms with van der Waals surface area (Å²) in [6.07, 6.45) is -1.20. The molecule has 0 bridgehead atoms. The monoisotopic (exact) mass is 383 g/mol. The summed E-state index contributed by atoms with van der Waals surface area (Å²) in [5, 5.41) is 14.0. The summed E-state index contributed by atoms with van der Waals surface area (Å²) < 4.78 is 18.5. The molecule has 9 heteroatoms. The number of halogens is 1. The molecule has 0 radical (unpaired) electrons. The molecule has 0 saturated heterocycles. The van der Waals surface area contributed by atoms with E-state index < -0.39 is 34.4 Å². The number of fused-ring (bicyclic) bond motifs is 1. The van der Waals surface area contributed by atoms with Crippen molar-refractivity contribution in [1.29, 1.82) is 0 Å². The number of nitrogens with zero attached hydrogens (tertiary/aromatic N) is 2. The number of nitro groups is 1. The number of ether oxygens (including phenoxy) is 1. The summed E-state index contributed by atoms with van der Waals surface area (Å²) in [6, 6.07) is 13.3. The van der Waals surface area contributed by atoms with Crippen LogP contribution in [0.15, 0.2) is 54.6 Å². The Morgan fingerprint density at radius 1 is 1.18 bits per heavy atom. The second-order valence-electron chi connectivity index (χ2n) is 5.85. The highest BCUT2D eigenvalue weighted by molar-refractivity contribution is 5.97. The fraction of sp³-hybridized carbons (Fsp3) is 0.105. The number of anilines is 1. The van der Waals surface area contributed by atoms with Gasteiger partial charge >= 0.3 is 11.7 Å². The first-order valence-corrected chi connectivity index (χ1v) is 8.17. The van der Waals surface area contributed by atoms with Crippen LogP contribution in [0.25, 0.3) is 10.9 Å². The number of para-hydroxylation sites is 1. The maximum atomic E-state index is 13.4. The van der Waals surface area contributed by atoms with Crippen molar-refractivity contribution in [2.75, 3.05) is 5.32 Å². The molecule has 3 rings (SSSR count). The van der Waals surface area contributed by atoms with Crippen LogP contribution in [0.4, 0.5) is 15.8 Å². The van der Waals surface area contributed by atoms with Gasteiger partial charge in [0.05, 0.1) is 10.4 Å². The third-order valence-electron chi connectivity index (χ3n) is 3.87. The molecule has 8 nitrogen and oxygen atoms in total. The van der Waals surface area contributed by atoms with E-state index in [1.54, 1.807) is 18.2 Å². The highest BCUT2D eigenvalue weighted by atomic mass is 19.1. The summed E-state index contributed by atoms with van der Waals surface area (Å²) in [4.78, 5) is 38.5. The first-order chi connectivity index (χ1) is 13.3. The number of esters is 1. The number of rotatable bonds is 5. The summed E-state index contributed by atoms with van der Waals surface area (Å²) in [5.74, 6) is -2.54. The zero-order chi connectivity index (χ0) is 20.3. The van der Waals surface area contributed by atoms with Crippen LogP contribution in [0.1, 0.15) is 17.4 Å². The van der Waals surface area contributed by atoms with Crippen molar-refractivity contribution in [1.82, 2.24) is 4.98 Å². The standard InChI is InChI=1S/C19H14FN3O5/c1-11(18(24)21-13-7-8-14(20)17(10-13)23(26)27)28-19(25)16-9-6-12-4-2-3-5-15(12)22-16/h2-11H,1H3,(H,21,24)/t11-/m1/s1. The molecular weight excluding hydrogens is 369 g/mol. The molecule has 0 unspecified atom stereocenters. The minimum Gasteiger partial charge on any atom is -0.448 e. The average Bonchev–Trinajstić information content (AvgIpc) is 2.68. The van der Waals surface area contributed by atoms with Crippen molar-refractivity contribution in [3.8, 4) is 0 Å². The molecule has 1 N–H and O–H groups in total. The minimum absolute atomic E-state index is 0.00447. The Bertz CT molecular complexity index is 1090. The summed E-state index contributed by atoms with van der Waals surface area (Å²) in [7, 11) is 0. The lowest BCUT2D eigenvalue weighted by Crippen LogP contribution is -2.30. The Labute approximate surface area is 158 Å². The van der Waals surface area contributed by atoms with Gasteiger partial charge in [0.2, 0.25) is 5.82 Å². The van der Waals surface area contributed by atoms with Gasteiger partial charge in [-0.25, -0.2) is 9.78 Å². The van der Waals surface area contributed by atoms with E-state index in [0.29, 0.717) is 5.52 Å². The molecule has 0 spiro atoms. The second-order valence-corrected chi connectivity index (χ2v) is 5.85. The van der Waals surface area contributed by atoms with Crippen molar-refractivity contribution >= 4 is 34.2 Å². The summed E-state index contributed by atoms with van der Waals surface area (Å²) >= 11 is 0. The van der Waals surface area contributed by atoms with Crippen LogP contribution in [0.3, 0.4) is 0 Å². The molecular formula is C19H14FN3O5. The third-order valence-corrected chi connectivity index (χ3v) is 3.87. The highest BCUT2D eigenvalue weighted by Gasteiger charge is 2.21. The van der Waals surface area contributed by atoms with E-state index in [-0.39, 0.29) is 11.4 Å². The molecule has 0 aliphatic heterocycles. The van der Waals surface area contributed by atoms with Gasteiger partial charge in [0.25, 0.3) is 5.91 Å². The number of benzene rings is 2. The van der Waals surface area contributed by atoms with E-state index in [0.717, 1.165) is 17.5 Å². The highest BCUT2D eigenvalue weighted by Crippen LogP contribution is 2.22. The summed E-state index contributed by atoms with van der Waals surface area (Å²) in [5.41, 5.74) is -0.129. The second kappa shape index (κ2) is 7.78. The Hall–Kier alpha value is -3.88. The normalized spacial score (nSPS) is 11.6. The van der Waals surface area contributed by atoms with Gasteiger partial charge < -0.3 is 10.1 Å². The van der Waals surface area contributed by atoms with Crippen LogP contribution >= 0.6 is 0 Å². The molecule has 1 heterocycles. The van der Waals surface area contributed by atoms with E-state index in [9.17, 15) is 24.1 Å². The molecule has 1 aromatic heterocycles. The van der Waals surface area contributed by atoms with Crippen LogP contribution in [-0.4, -0.2) is 27.9 Å². The van der Waals surface area contributed by atoms with Gasteiger partial charge in [0.15, 0.2) is 6.10 Å². The van der Waals surface area contributed by atoms with E-state index in [4.69, 9.17) is 4.74 Å². The van der Waals surface area contributed by atoms with Crippen molar-refractivity contribution in [3.05, 3.63) is 76.2 Å². The fourth-order valence-corrected chi connectivity index (χ4v) is 2.43. The predicted molar refractivity (Wildman–Crippen MR) is 98.3 cm³/mol. The molecule has 0 saturated carbocycles. The number of amides is 1. The minimum atomic E-state index is -1.20. The Morgan fingerprint density at radius 2 is 1.93 bits per heavy atom. The van der Waals surface area contributed by atoms with Crippen LogP contribution in [0.5, 0.6) is 0 Å². The molecule has 0 aliphatic carbocycles. The molecule has 142 valence electrons. The predicted octanol–water partition coefficient (Wildman–Crippen LogP) is 3.47. The number of nitro benzene ring substituents is 1. The van der Waals surface area contributed by atoms with Crippen molar-refractivity contribution in [2.24, 2.45) is 0 Å². The van der Waals surface area contributed by atoms with Gasteiger partial charge in [-0.2, -0.15) is 4.39 Å². The SMILES string of the molecule is C[C@@H](OC(=O)c1ccc2ccccc2n1)C(=O)Nc1ccc(F)c([N+](=O)[O-])c1. The van der Waals surface area contributed by atoms with E-state index >= 15 is 0 Å². The van der Waals surface area contributed by atoms with Crippen LogP contribution in [0, 0.1) is 15.9 Å². The van der Waals surface area contributed by atoms with Gasteiger partial charge in [-0.05, 0) is 31.2 Å². The lowest BCUT2D eigenvalue weighted by Gasteiger charge is -2.13. The third kappa shape index (κ3) is 4.09. The lowest BCUT2D eigenvalue weighted by atomic mass is 10.2. The maximum absolute atomic E-state index is 13.4. The topological polar surface area (TPSA) is 111 Å². The van der Waals surface area contributed by atoms with E-state index in [1.165, 1.54) is 19.1 Å². The summed E-state index contributed by atoms with van der Waals surface area (Å²) in [6.45, 7) is 1.34. The number of hydrogen-bond acceptors (Lipinski definition) is 6. The van der Waals surface area contributed by atoms with Gasteiger partial charge in [-0.1, -0.05) is 24.3 Å². The first-order valence-electron chi connectivity index (χ1n) is 8.17. The number of nitrogens with one attached hydrogen (secondary N) is 1. The lowest BCUT2D eigenvalue weighted by molar-refractivity contribution is -0.387. The maximum Gasteiger partial charge on any atom is 0.357 e. The molecule has 0 fully saturated rings. The number of pyridine rings is 1. The Balaban J connectivity index is 1.68. The zero-order valence-corrected chi connectivity index (χ0v) is 14.6. The average molecular weight is 383 g/mol. The van der Waals surface area contributed by atoms with Gasteiger partial charge in [0.1, 0.15) is 5.69 Å². The van der Waals surface area contributed by atoms with Crippen LogP contribution in [0.2, 0.25) is 0 Å². The van der Waals surface area contributed by atoms with Gasteiger partial charge in [-0.3, -0.25) is 14.9 Å². The quantitative estimate of drug-likeness (QED) is 0.410. The molecule has 1 amide bonds. The molecule has 3 aromatic rings. The molecule has 0 aliphatic rings. The Morgan fingerprint density at radius 3 is 2.68 bits per heavy atom. The van der Waals surface area contributed by atoms with E-state index in [2.05, 4.69) is 10.3 Å². The Kier molecular flexibility index (Phi) is 5.25. The number of hydrogen-bond donors (Lipinski definition) is 1. The zero-order valence-electron chi connectivity index (χ0n) is 14.6. The number of carbonyl (C=O) groups is 2. The van der Waals surface area contributed by atoms with E-state index in [1.807, 2.05) is 12.1 Å². The van der Waals surface area contributed by atoms with Crippen molar-refractivity contribution in [3.63, 3.8) is 0 Å². The number of aromatic nitrogens is 1.